The first-order valence-electron chi connectivity index (χ1n) is 13.1. The van der Waals surface area contributed by atoms with Crippen molar-refractivity contribution in [2.75, 3.05) is 43.5 Å². The quantitative estimate of drug-likeness (QED) is 0.604. The molecule has 3 amide bonds. The summed E-state index contributed by atoms with van der Waals surface area (Å²) in [6.45, 7) is 6.47. The van der Waals surface area contributed by atoms with Gasteiger partial charge >= 0.3 is 6.09 Å². The molecule has 0 bridgehead atoms. The number of carbonyl (C=O) groups excluding carboxylic acids is 3. The molecule has 2 aromatic carbocycles. The van der Waals surface area contributed by atoms with E-state index in [1.165, 1.54) is 4.90 Å². The maximum Gasteiger partial charge on any atom is 0.410 e. The van der Waals surface area contributed by atoms with Crippen LogP contribution in [0, 0.1) is 11.3 Å². The Morgan fingerprint density at radius 1 is 1.21 bits per heavy atom. The van der Waals surface area contributed by atoms with E-state index in [2.05, 4.69) is 16.7 Å². The fourth-order valence-electron chi connectivity index (χ4n) is 4.50. The second kappa shape index (κ2) is 11.7. The molecule has 39 heavy (non-hydrogen) atoms. The number of nitrogens with zero attached hydrogens (tertiary/aromatic N) is 3. The lowest BCUT2D eigenvalue weighted by molar-refractivity contribution is -0.133. The van der Waals surface area contributed by atoms with Gasteiger partial charge in [-0.1, -0.05) is 30.3 Å². The summed E-state index contributed by atoms with van der Waals surface area (Å²) in [4.78, 5) is 40.7. The van der Waals surface area contributed by atoms with Gasteiger partial charge in [0.1, 0.15) is 11.6 Å². The smallest absolute Gasteiger partial charge is 0.410 e. The first-order valence-corrected chi connectivity index (χ1v) is 13.1. The zero-order chi connectivity index (χ0) is 28.2. The Balaban J connectivity index is 1.38. The lowest BCUT2D eigenvalue weighted by Crippen LogP contribution is -2.48. The van der Waals surface area contributed by atoms with Crippen LogP contribution >= 0.6 is 0 Å². The molecule has 2 aliphatic heterocycles. The van der Waals surface area contributed by atoms with Gasteiger partial charge in [-0.25, -0.2) is 4.79 Å². The minimum absolute atomic E-state index is 0.00591. The van der Waals surface area contributed by atoms with E-state index in [9.17, 15) is 19.6 Å². The lowest BCUT2D eigenvalue weighted by Gasteiger charge is -2.27. The molecular formula is C29H35N5O5. The molecule has 0 unspecified atom stereocenters. The van der Waals surface area contributed by atoms with Gasteiger partial charge in [-0.05, 0) is 56.0 Å². The molecule has 0 radical (unpaired) electrons. The molecule has 1 saturated heterocycles. The zero-order valence-electron chi connectivity index (χ0n) is 22.8. The summed E-state index contributed by atoms with van der Waals surface area (Å²) >= 11 is 0. The average Bonchev–Trinajstić information content (AvgIpc) is 3.17. The van der Waals surface area contributed by atoms with Gasteiger partial charge in [0, 0.05) is 26.6 Å². The van der Waals surface area contributed by atoms with Crippen molar-refractivity contribution in [2.24, 2.45) is 0 Å². The number of amides is 3. The molecule has 10 nitrogen and oxygen atoms in total. The van der Waals surface area contributed by atoms with Gasteiger partial charge in [0.15, 0.2) is 6.10 Å². The van der Waals surface area contributed by atoms with Gasteiger partial charge in [-0.2, -0.15) is 5.26 Å². The zero-order valence-corrected chi connectivity index (χ0v) is 22.8. The number of benzene rings is 2. The molecule has 2 N–H and O–H groups in total. The van der Waals surface area contributed by atoms with E-state index in [0.717, 1.165) is 28.1 Å². The molecule has 4 rings (SSSR count). The number of nitrogens with one attached hydrogen (secondary N) is 2. The van der Waals surface area contributed by atoms with Crippen LogP contribution in [0.25, 0.3) is 11.1 Å². The van der Waals surface area contributed by atoms with Gasteiger partial charge in [0.25, 0.3) is 5.91 Å². The number of fused-ring (bicyclic) bond motifs is 1. The molecule has 2 aliphatic rings. The highest BCUT2D eigenvalue weighted by atomic mass is 16.6. The van der Waals surface area contributed by atoms with Crippen molar-refractivity contribution in [1.29, 1.82) is 5.26 Å². The molecule has 2 atom stereocenters. The van der Waals surface area contributed by atoms with Gasteiger partial charge < -0.3 is 29.9 Å². The molecule has 0 saturated carbocycles. The highest BCUT2D eigenvalue weighted by Crippen LogP contribution is 2.33. The minimum Gasteiger partial charge on any atom is -0.444 e. The SMILES string of the molecule is CN1C(=O)CNc2ccc(-c3ccc(C[C@@H](C#N)NC(=O)[C@@H]4CN(C(=O)OC(C)(C)C)CCCO4)cc3)cc21. The Hall–Kier alpha value is -4.10. The maximum atomic E-state index is 13.0. The number of carbonyl (C=O) groups is 3. The van der Waals surface area contributed by atoms with E-state index in [4.69, 9.17) is 9.47 Å². The summed E-state index contributed by atoms with van der Waals surface area (Å²) in [6.07, 6.45) is -0.473. The molecule has 0 aromatic heterocycles. The van der Waals surface area contributed by atoms with Crippen LogP contribution in [-0.4, -0.2) is 73.8 Å². The fraction of sp³-hybridized carbons (Fsp3) is 0.448. The predicted octanol–water partition coefficient (Wildman–Crippen LogP) is 3.32. The number of rotatable bonds is 5. The normalized spacial score (nSPS) is 18.2. The fourth-order valence-corrected chi connectivity index (χ4v) is 4.50. The maximum absolute atomic E-state index is 13.0. The van der Waals surface area contributed by atoms with E-state index in [-0.39, 0.29) is 19.0 Å². The van der Waals surface area contributed by atoms with Crippen LogP contribution in [0.2, 0.25) is 0 Å². The summed E-state index contributed by atoms with van der Waals surface area (Å²) in [5, 5.41) is 15.6. The van der Waals surface area contributed by atoms with Crippen molar-refractivity contribution >= 4 is 29.3 Å². The molecule has 2 heterocycles. The molecule has 206 valence electrons. The van der Waals surface area contributed by atoms with E-state index in [1.54, 1.807) is 32.7 Å². The Bertz CT molecular complexity index is 1260. The largest absolute Gasteiger partial charge is 0.444 e. The first-order chi connectivity index (χ1) is 18.5. The van der Waals surface area contributed by atoms with Crippen LogP contribution in [0.1, 0.15) is 32.8 Å². The van der Waals surface area contributed by atoms with Crippen LogP contribution in [0.15, 0.2) is 42.5 Å². The van der Waals surface area contributed by atoms with Crippen LogP contribution in [0.5, 0.6) is 0 Å². The van der Waals surface area contributed by atoms with Crippen molar-refractivity contribution in [2.45, 2.75) is 51.4 Å². The summed E-state index contributed by atoms with van der Waals surface area (Å²) in [5.74, 6) is -0.429. The van der Waals surface area contributed by atoms with Crippen LogP contribution in [0.4, 0.5) is 16.2 Å². The third-order valence-electron chi connectivity index (χ3n) is 6.58. The molecule has 2 aromatic rings. The molecular weight excluding hydrogens is 498 g/mol. The summed E-state index contributed by atoms with van der Waals surface area (Å²) in [7, 11) is 1.76. The van der Waals surface area contributed by atoms with Crippen LogP contribution in [0.3, 0.4) is 0 Å². The first kappa shape index (κ1) is 27.9. The van der Waals surface area contributed by atoms with Gasteiger partial charge in [-0.15, -0.1) is 0 Å². The second-order valence-corrected chi connectivity index (χ2v) is 10.8. The summed E-state index contributed by atoms with van der Waals surface area (Å²) in [6, 6.07) is 15.1. The Morgan fingerprint density at radius 2 is 1.92 bits per heavy atom. The number of anilines is 2. The Labute approximate surface area is 228 Å². The van der Waals surface area contributed by atoms with Crippen molar-refractivity contribution < 1.29 is 23.9 Å². The summed E-state index contributed by atoms with van der Waals surface area (Å²) in [5.41, 5.74) is 3.92. The Kier molecular flexibility index (Phi) is 8.41. The second-order valence-electron chi connectivity index (χ2n) is 10.8. The molecule has 0 spiro atoms. The van der Waals surface area contributed by atoms with E-state index in [0.29, 0.717) is 26.0 Å². The average molecular weight is 534 g/mol. The number of hydrogen-bond donors (Lipinski definition) is 2. The standard InChI is InChI=1S/C29H35N5O5/c1-29(2,3)39-28(37)34-12-5-13-38-25(18-34)27(36)32-22(16-30)14-19-6-8-20(9-7-19)21-10-11-23-24(15-21)33(4)26(35)17-31-23/h6-11,15,22,25,31H,5,12-14,17-18H2,1-4H3,(H,32,36)/t22-,25-/m0/s1. The van der Waals surface area contributed by atoms with E-state index < -0.39 is 29.7 Å². The van der Waals surface area contributed by atoms with E-state index in [1.807, 2.05) is 42.5 Å². The Morgan fingerprint density at radius 3 is 2.62 bits per heavy atom. The highest BCUT2D eigenvalue weighted by Gasteiger charge is 2.31. The monoisotopic (exact) mass is 533 g/mol. The van der Waals surface area contributed by atoms with Crippen molar-refractivity contribution in [1.82, 2.24) is 10.2 Å². The summed E-state index contributed by atoms with van der Waals surface area (Å²) < 4.78 is 11.1. The number of likely N-dealkylation sites (N-methyl/N-ethyl adjacent to an activating group) is 1. The predicted molar refractivity (Wildman–Crippen MR) is 147 cm³/mol. The highest BCUT2D eigenvalue weighted by molar-refractivity contribution is 6.03. The molecule has 10 heteroatoms. The van der Waals surface area contributed by atoms with Crippen molar-refractivity contribution in [3.05, 3.63) is 48.0 Å². The number of ether oxygens (including phenoxy) is 2. The minimum atomic E-state index is -0.887. The van der Waals surface area contributed by atoms with Gasteiger partial charge in [-0.3, -0.25) is 9.59 Å². The third kappa shape index (κ3) is 7.06. The van der Waals surface area contributed by atoms with Gasteiger partial charge in [0.2, 0.25) is 5.91 Å². The van der Waals surface area contributed by atoms with Crippen LogP contribution in [-0.2, 0) is 25.5 Å². The van der Waals surface area contributed by atoms with Crippen LogP contribution < -0.4 is 15.5 Å². The number of hydrogen-bond acceptors (Lipinski definition) is 7. The van der Waals surface area contributed by atoms with Gasteiger partial charge in [0.05, 0.1) is 30.5 Å². The molecule has 0 aliphatic carbocycles. The third-order valence-corrected chi connectivity index (χ3v) is 6.58. The van der Waals surface area contributed by atoms with Crippen molar-refractivity contribution in [3.8, 4) is 17.2 Å². The number of nitriles is 1. The topological polar surface area (TPSA) is 124 Å². The van der Waals surface area contributed by atoms with E-state index >= 15 is 0 Å². The van der Waals surface area contributed by atoms with Crippen molar-refractivity contribution in [3.63, 3.8) is 0 Å². The molecule has 1 fully saturated rings. The lowest BCUT2D eigenvalue weighted by atomic mass is 9.99.